The van der Waals surface area contributed by atoms with Crippen molar-refractivity contribution in [2.75, 3.05) is 26.2 Å². The fraction of sp³-hybridized carbons (Fsp3) is 0.450. The molecule has 1 atom stereocenters. The number of likely N-dealkylation sites (tertiary alicyclic amines) is 1. The molecule has 3 heterocycles. The van der Waals surface area contributed by atoms with Gasteiger partial charge in [-0.3, -0.25) is 9.69 Å². The molecule has 0 saturated carbocycles. The number of nitrogens with zero attached hydrogens (tertiary/aromatic N) is 1. The second kappa shape index (κ2) is 8.10. The molecule has 26 heavy (non-hydrogen) atoms. The average molecular weight is 372 g/mol. The normalized spacial score (nSPS) is 20.7. The molecule has 1 saturated heterocycles. The lowest BCUT2D eigenvalue weighted by Gasteiger charge is -2.32. The predicted molar refractivity (Wildman–Crippen MR) is 102 cm³/mol. The van der Waals surface area contributed by atoms with Crippen LogP contribution in [-0.4, -0.2) is 43.2 Å². The maximum absolute atomic E-state index is 12.4. The third-order valence-corrected chi connectivity index (χ3v) is 5.79. The number of rotatable bonds is 5. The lowest BCUT2D eigenvalue weighted by Crippen LogP contribution is -2.46. The van der Waals surface area contributed by atoms with Gasteiger partial charge in [0, 0.05) is 13.1 Å². The Morgan fingerprint density at radius 2 is 2.00 bits per heavy atom. The van der Waals surface area contributed by atoms with Crippen LogP contribution in [0.2, 0.25) is 0 Å². The summed E-state index contributed by atoms with van der Waals surface area (Å²) in [6, 6.07) is 9.66. The zero-order valence-electron chi connectivity index (χ0n) is 14.7. The Morgan fingerprint density at radius 3 is 2.77 bits per heavy atom. The Balaban J connectivity index is 1.20. The highest BCUT2D eigenvalue weighted by molar-refractivity contribution is 7.07. The van der Waals surface area contributed by atoms with Gasteiger partial charge in [-0.25, -0.2) is 0 Å². The molecule has 0 unspecified atom stereocenters. The highest BCUT2D eigenvalue weighted by Gasteiger charge is 2.28. The van der Waals surface area contributed by atoms with Gasteiger partial charge in [0.05, 0.1) is 0 Å². The highest BCUT2D eigenvalue weighted by Crippen LogP contribution is 2.30. The van der Waals surface area contributed by atoms with E-state index in [9.17, 15) is 4.79 Å². The Hall–Kier alpha value is -2.05. The number of nitrogens with one attached hydrogen (secondary N) is 1. The van der Waals surface area contributed by atoms with Gasteiger partial charge in [0.15, 0.2) is 11.5 Å². The van der Waals surface area contributed by atoms with Gasteiger partial charge in [-0.2, -0.15) is 11.3 Å². The summed E-state index contributed by atoms with van der Waals surface area (Å²) in [5, 5.41) is 7.40. The second-order valence-corrected chi connectivity index (χ2v) is 7.74. The van der Waals surface area contributed by atoms with Crippen LogP contribution in [0.1, 0.15) is 18.4 Å². The van der Waals surface area contributed by atoms with E-state index in [4.69, 9.17) is 9.47 Å². The van der Waals surface area contributed by atoms with Gasteiger partial charge in [0.25, 0.3) is 5.91 Å². The molecule has 138 valence electrons. The van der Waals surface area contributed by atoms with Crippen molar-refractivity contribution in [3.8, 4) is 11.5 Å². The zero-order valence-corrected chi connectivity index (χ0v) is 15.5. The average Bonchev–Trinajstić information content (AvgIpc) is 3.20. The van der Waals surface area contributed by atoms with E-state index >= 15 is 0 Å². The van der Waals surface area contributed by atoms with Crippen LogP contribution in [0, 0.1) is 5.92 Å². The van der Waals surface area contributed by atoms with E-state index in [0.717, 1.165) is 32.5 Å². The minimum absolute atomic E-state index is 0.0831. The van der Waals surface area contributed by atoms with Crippen LogP contribution in [0.15, 0.2) is 41.1 Å². The van der Waals surface area contributed by atoms with Crippen molar-refractivity contribution in [3.63, 3.8) is 0 Å². The summed E-state index contributed by atoms with van der Waals surface area (Å²) in [4.78, 5) is 14.9. The van der Waals surface area contributed by atoms with E-state index in [2.05, 4.69) is 27.0 Å². The summed E-state index contributed by atoms with van der Waals surface area (Å²) in [6.45, 7) is 4.20. The van der Waals surface area contributed by atoms with Crippen molar-refractivity contribution in [2.24, 2.45) is 5.92 Å². The minimum atomic E-state index is -0.566. The SMILES string of the molecule is O=C(NCC1CCN(Cc2ccsc2)CC1)[C@@H]1COc2ccccc2O1. The minimum Gasteiger partial charge on any atom is -0.485 e. The van der Waals surface area contributed by atoms with Crippen LogP contribution >= 0.6 is 11.3 Å². The first-order chi connectivity index (χ1) is 12.8. The van der Waals surface area contributed by atoms with Gasteiger partial charge in [-0.1, -0.05) is 12.1 Å². The second-order valence-electron chi connectivity index (χ2n) is 6.96. The molecule has 0 radical (unpaired) electrons. The van der Waals surface area contributed by atoms with Gasteiger partial charge >= 0.3 is 0 Å². The molecule has 1 amide bonds. The summed E-state index contributed by atoms with van der Waals surface area (Å²) in [5.74, 6) is 1.80. The van der Waals surface area contributed by atoms with Crippen molar-refractivity contribution in [3.05, 3.63) is 46.7 Å². The van der Waals surface area contributed by atoms with E-state index < -0.39 is 6.10 Å². The Bertz CT molecular complexity index is 726. The number of thiophene rings is 1. The first-order valence-electron chi connectivity index (χ1n) is 9.17. The molecular weight excluding hydrogens is 348 g/mol. The van der Waals surface area contributed by atoms with Gasteiger partial charge in [0.1, 0.15) is 6.61 Å². The van der Waals surface area contributed by atoms with Gasteiger partial charge in [-0.15, -0.1) is 0 Å². The molecule has 0 bridgehead atoms. The fourth-order valence-electron chi connectivity index (χ4n) is 3.50. The number of carbonyl (C=O) groups is 1. The third kappa shape index (κ3) is 4.19. The van der Waals surface area contributed by atoms with Gasteiger partial charge < -0.3 is 14.8 Å². The van der Waals surface area contributed by atoms with Crippen molar-refractivity contribution >= 4 is 17.2 Å². The molecule has 2 aliphatic rings. The van der Waals surface area contributed by atoms with Crippen molar-refractivity contribution < 1.29 is 14.3 Å². The fourth-order valence-corrected chi connectivity index (χ4v) is 4.16. The summed E-state index contributed by atoms with van der Waals surface area (Å²) in [7, 11) is 0. The number of piperidine rings is 1. The molecule has 1 fully saturated rings. The molecule has 5 nitrogen and oxygen atoms in total. The maximum atomic E-state index is 12.4. The van der Waals surface area contributed by atoms with Gasteiger partial charge in [0.2, 0.25) is 6.10 Å². The van der Waals surface area contributed by atoms with Crippen molar-refractivity contribution in [1.82, 2.24) is 10.2 Å². The van der Waals surface area contributed by atoms with Crippen LogP contribution in [0.4, 0.5) is 0 Å². The summed E-state index contributed by atoms with van der Waals surface area (Å²) in [5.41, 5.74) is 1.40. The van der Waals surface area contributed by atoms with Crippen LogP contribution in [0.25, 0.3) is 0 Å². The number of hydrogen-bond donors (Lipinski definition) is 1. The first-order valence-corrected chi connectivity index (χ1v) is 10.1. The molecule has 1 N–H and O–H groups in total. The van der Waals surface area contributed by atoms with E-state index in [-0.39, 0.29) is 12.5 Å². The van der Waals surface area contributed by atoms with Crippen LogP contribution in [0.5, 0.6) is 11.5 Å². The maximum Gasteiger partial charge on any atom is 0.264 e. The largest absolute Gasteiger partial charge is 0.485 e. The van der Waals surface area contributed by atoms with Crippen molar-refractivity contribution in [2.45, 2.75) is 25.5 Å². The van der Waals surface area contributed by atoms with Crippen LogP contribution < -0.4 is 14.8 Å². The number of carbonyl (C=O) groups excluding carboxylic acids is 1. The number of hydrogen-bond acceptors (Lipinski definition) is 5. The topological polar surface area (TPSA) is 50.8 Å². The zero-order chi connectivity index (χ0) is 17.8. The molecule has 1 aromatic carbocycles. The Morgan fingerprint density at radius 1 is 1.19 bits per heavy atom. The number of ether oxygens (including phenoxy) is 2. The predicted octanol–water partition coefficient (Wildman–Crippen LogP) is 2.92. The highest BCUT2D eigenvalue weighted by atomic mass is 32.1. The first kappa shape index (κ1) is 17.4. The number of benzene rings is 1. The summed E-state index contributed by atoms with van der Waals surface area (Å²) >= 11 is 1.75. The molecule has 1 aromatic heterocycles. The monoisotopic (exact) mass is 372 g/mol. The quantitative estimate of drug-likeness (QED) is 0.877. The third-order valence-electron chi connectivity index (χ3n) is 5.06. The lowest BCUT2D eigenvalue weighted by atomic mass is 9.96. The smallest absolute Gasteiger partial charge is 0.264 e. The molecular formula is C20H24N2O3S. The van der Waals surface area contributed by atoms with E-state index in [1.807, 2.05) is 24.3 Å². The van der Waals surface area contributed by atoms with Crippen LogP contribution in [-0.2, 0) is 11.3 Å². The Kier molecular flexibility index (Phi) is 5.41. The molecule has 4 rings (SSSR count). The standard InChI is InChI=1S/C20H24N2O3S/c23-20(19-13-24-17-3-1-2-4-18(17)25-19)21-11-15-5-8-22(9-6-15)12-16-7-10-26-14-16/h1-4,7,10,14-15,19H,5-6,8-9,11-13H2,(H,21,23)/t19-/m0/s1. The van der Waals surface area contributed by atoms with Crippen LogP contribution in [0.3, 0.4) is 0 Å². The van der Waals surface area contributed by atoms with Gasteiger partial charge in [-0.05, 0) is 66.4 Å². The van der Waals surface area contributed by atoms with E-state index in [0.29, 0.717) is 24.0 Å². The number of fused-ring (bicyclic) bond motifs is 1. The molecule has 0 aliphatic carbocycles. The Labute approximate surface area is 157 Å². The molecule has 2 aromatic rings. The number of amides is 1. The van der Waals surface area contributed by atoms with Crippen molar-refractivity contribution in [1.29, 1.82) is 0 Å². The number of para-hydroxylation sites is 2. The molecule has 6 heteroatoms. The summed E-state index contributed by atoms with van der Waals surface area (Å²) < 4.78 is 11.4. The van der Waals surface area contributed by atoms with E-state index in [1.54, 1.807) is 11.3 Å². The molecule has 0 spiro atoms. The molecule has 2 aliphatic heterocycles. The van der Waals surface area contributed by atoms with E-state index in [1.165, 1.54) is 5.56 Å². The lowest BCUT2D eigenvalue weighted by molar-refractivity contribution is -0.130. The summed E-state index contributed by atoms with van der Waals surface area (Å²) in [6.07, 6.45) is 1.67.